The normalized spacial score (nSPS) is 22.1. The third-order valence-corrected chi connectivity index (χ3v) is 5.92. The molecule has 6 heteroatoms. The van der Waals surface area contributed by atoms with Gasteiger partial charge in [-0.1, -0.05) is 23.7 Å². The molecule has 1 atom stereocenters. The molecule has 1 aliphatic carbocycles. The molecule has 1 saturated heterocycles. The first-order valence-corrected chi connectivity index (χ1v) is 9.78. The highest BCUT2D eigenvalue weighted by Gasteiger charge is 2.51. The number of piperidine rings is 1. The number of hydrogen-bond donors (Lipinski definition) is 2. The molecule has 0 bridgehead atoms. The van der Waals surface area contributed by atoms with E-state index in [4.69, 9.17) is 11.6 Å². The maximum atomic E-state index is 12.8. The van der Waals surface area contributed by atoms with Crippen LogP contribution in [0.25, 0.3) is 0 Å². The fourth-order valence-electron chi connectivity index (χ4n) is 4.00. The SMILES string of the molecule is O=C(NC[C@H]1CCCN(Cc2ncc[nH]2)C1)C1(c2ccc(Cl)cc2)CC1. The van der Waals surface area contributed by atoms with Crippen LogP contribution in [-0.4, -0.2) is 40.4 Å². The molecule has 138 valence electrons. The Labute approximate surface area is 159 Å². The summed E-state index contributed by atoms with van der Waals surface area (Å²) in [5, 5.41) is 3.94. The smallest absolute Gasteiger partial charge is 0.230 e. The first kappa shape index (κ1) is 17.6. The van der Waals surface area contributed by atoms with Gasteiger partial charge in [0.2, 0.25) is 5.91 Å². The first-order chi connectivity index (χ1) is 12.7. The lowest BCUT2D eigenvalue weighted by molar-refractivity contribution is -0.123. The molecule has 2 aromatic rings. The number of carbonyl (C=O) groups is 1. The number of nitrogens with zero attached hydrogens (tertiary/aromatic N) is 2. The molecule has 1 aromatic carbocycles. The highest BCUT2D eigenvalue weighted by atomic mass is 35.5. The van der Waals surface area contributed by atoms with E-state index in [1.807, 2.05) is 30.5 Å². The summed E-state index contributed by atoms with van der Waals surface area (Å²) in [5.41, 5.74) is 0.759. The van der Waals surface area contributed by atoms with Crippen molar-refractivity contribution in [3.8, 4) is 0 Å². The predicted molar refractivity (Wildman–Crippen MR) is 102 cm³/mol. The molecule has 0 unspecified atom stereocenters. The van der Waals surface area contributed by atoms with Gasteiger partial charge >= 0.3 is 0 Å². The van der Waals surface area contributed by atoms with Crippen molar-refractivity contribution >= 4 is 17.5 Å². The number of carbonyl (C=O) groups excluding carboxylic acids is 1. The third-order valence-electron chi connectivity index (χ3n) is 5.66. The van der Waals surface area contributed by atoms with E-state index in [0.717, 1.165) is 50.4 Å². The maximum Gasteiger partial charge on any atom is 0.230 e. The first-order valence-electron chi connectivity index (χ1n) is 9.41. The zero-order valence-electron chi connectivity index (χ0n) is 14.9. The number of likely N-dealkylation sites (tertiary alicyclic amines) is 1. The lowest BCUT2D eigenvalue weighted by atomic mass is 9.93. The largest absolute Gasteiger partial charge is 0.355 e. The molecular formula is C20H25ClN4O. The Hall–Kier alpha value is -1.85. The van der Waals surface area contributed by atoms with Gasteiger partial charge in [0, 0.05) is 30.5 Å². The second kappa shape index (κ2) is 7.41. The van der Waals surface area contributed by atoms with Gasteiger partial charge in [-0.25, -0.2) is 4.98 Å². The number of nitrogens with one attached hydrogen (secondary N) is 2. The van der Waals surface area contributed by atoms with Gasteiger partial charge in [-0.2, -0.15) is 0 Å². The molecule has 26 heavy (non-hydrogen) atoms. The van der Waals surface area contributed by atoms with Crippen LogP contribution in [0.5, 0.6) is 0 Å². The standard InChI is InChI=1S/C20H25ClN4O/c21-17-5-3-16(4-6-17)20(7-8-20)19(26)24-12-15-2-1-11-25(13-15)14-18-22-9-10-23-18/h3-6,9-10,15H,1-2,7-8,11-14H2,(H,22,23)(H,24,26)/t15-/m1/s1. The molecule has 2 heterocycles. The van der Waals surface area contributed by atoms with Crippen LogP contribution in [-0.2, 0) is 16.8 Å². The van der Waals surface area contributed by atoms with Crippen molar-refractivity contribution in [3.63, 3.8) is 0 Å². The van der Waals surface area contributed by atoms with Crippen molar-refractivity contribution < 1.29 is 4.79 Å². The predicted octanol–water partition coefficient (Wildman–Crippen LogP) is 3.12. The van der Waals surface area contributed by atoms with E-state index in [0.29, 0.717) is 10.9 Å². The van der Waals surface area contributed by atoms with Crippen molar-refractivity contribution in [1.82, 2.24) is 20.2 Å². The number of halogens is 1. The number of aromatic nitrogens is 2. The Morgan fingerprint density at radius 2 is 2.15 bits per heavy atom. The summed E-state index contributed by atoms with van der Waals surface area (Å²) in [6.07, 6.45) is 7.85. The topological polar surface area (TPSA) is 61.0 Å². The van der Waals surface area contributed by atoms with E-state index in [-0.39, 0.29) is 11.3 Å². The van der Waals surface area contributed by atoms with Gasteiger partial charge < -0.3 is 10.3 Å². The van der Waals surface area contributed by atoms with Crippen molar-refractivity contribution in [2.45, 2.75) is 37.6 Å². The van der Waals surface area contributed by atoms with Crippen LogP contribution in [0.2, 0.25) is 5.02 Å². The van der Waals surface area contributed by atoms with Gasteiger partial charge in [-0.3, -0.25) is 9.69 Å². The number of rotatable bonds is 6. The van der Waals surface area contributed by atoms with Crippen molar-refractivity contribution in [1.29, 1.82) is 0 Å². The molecule has 4 rings (SSSR count). The third kappa shape index (κ3) is 3.79. The van der Waals surface area contributed by atoms with E-state index >= 15 is 0 Å². The van der Waals surface area contributed by atoms with Gasteiger partial charge in [0.15, 0.2) is 0 Å². The molecule has 0 radical (unpaired) electrons. The Bertz CT molecular complexity index is 740. The summed E-state index contributed by atoms with van der Waals surface area (Å²) in [6.45, 7) is 3.71. The summed E-state index contributed by atoms with van der Waals surface area (Å²) in [6, 6.07) is 7.72. The molecule has 1 aliphatic heterocycles. The number of H-pyrrole nitrogens is 1. The van der Waals surface area contributed by atoms with Gasteiger partial charge in [-0.15, -0.1) is 0 Å². The molecule has 1 amide bonds. The molecule has 2 fully saturated rings. The van der Waals surface area contributed by atoms with Crippen molar-refractivity contribution in [3.05, 3.63) is 53.1 Å². The molecule has 2 N–H and O–H groups in total. The van der Waals surface area contributed by atoms with Crippen LogP contribution < -0.4 is 5.32 Å². The Balaban J connectivity index is 1.30. The fourth-order valence-corrected chi connectivity index (χ4v) is 4.13. The van der Waals surface area contributed by atoms with Crippen LogP contribution in [0, 0.1) is 5.92 Å². The minimum Gasteiger partial charge on any atom is -0.355 e. The molecule has 0 spiro atoms. The highest BCUT2D eigenvalue weighted by molar-refractivity contribution is 6.30. The second-order valence-corrected chi connectivity index (χ2v) is 8.01. The molecule has 2 aliphatic rings. The van der Waals surface area contributed by atoms with Gasteiger partial charge in [0.1, 0.15) is 5.82 Å². The summed E-state index contributed by atoms with van der Waals surface area (Å²) in [7, 11) is 0. The minimum atomic E-state index is -0.326. The van der Waals surface area contributed by atoms with E-state index in [2.05, 4.69) is 20.2 Å². The van der Waals surface area contributed by atoms with Crippen LogP contribution in [0.15, 0.2) is 36.7 Å². The van der Waals surface area contributed by atoms with E-state index in [9.17, 15) is 4.79 Å². The summed E-state index contributed by atoms with van der Waals surface area (Å²) < 4.78 is 0. The molecule has 5 nitrogen and oxygen atoms in total. The quantitative estimate of drug-likeness (QED) is 0.819. The number of imidazole rings is 1. The number of amides is 1. The summed E-state index contributed by atoms with van der Waals surface area (Å²) in [5.74, 6) is 1.68. The van der Waals surface area contributed by atoms with E-state index < -0.39 is 0 Å². The molecular weight excluding hydrogens is 348 g/mol. The van der Waals surface area contributed by atoms with Crippen LogP contribution in [0.4, 0.5) is 0 Å². The zero-order chi connectivity index (χ0) is 18.0. The van der Waals surface area contributed by atoms with Gasteiger partial charge in [-0.05, 0) is 55.8 Å². The van der Waals surface area contributed by atoms with Crippen LogP contribution >= 0.6 is 11.6 Å². The lowest BCUT2D eigenvalue weighted by Crippen LogP contribution is -2.43. The Kier molecular flexibility index (Phi) is 5.00. The van der Waals surface area contributed by atoms with Gasteiger partial charge in [0.25, 0.3) is 0 Å². The van der Waals surface area contributed by atoms with Gasteiger partial charge in [0.05, 0.1) is 12.0 Å². The average molecular weight is 373 g/mol. The van der Waals surface area contributed by atoms with Crippen LogP contribution in [0.3, 0.4) is 0 Å². The van der Waals surface area contributed by atoms with E-state index in [1.165, 1.54) is 12.8 Å². The summed E-state index contributed by atoms with van der Waals surface area (Å²) >= 11 is 5.98. The van der Waals surface area contributed by atoms with Crippen molar-refractivity contribution in [2.24, 2.45) is 5.92 Å². The minimum absolute atomic E-state index is 0.169. The maximum absolute atomic E-state index is 12.8. The summed E-state index contributed by atoms with van der Waals surface area (Å²) in [4.78, 5) is 22.7. The molecule has 1 saturated carbocycles. The van der Waals surface area contributed by atoms with E-state index in [1.54, 1.807) is 6.20 Å². The fraction of sp³-hybridized carbons (Fsp3) is 0.500. The number of aromatic amines is 1. The van der Waals surface area contributed by atoms with Crippen LogP contribution in [0.1, 0.15) is 37.1 Å². The number of hydrogen-bond acceptors (Lipinski definition) is 3. The zero-order valence-corrected chi connectivity index (χ0v) is 15.6. The Morgan fingerprint density at radius 3 is 2.85 bits per heavy atom. The average Bonchev–Trinajstić information content (AvgIpc) is 3.31. The molecule has 1 aromatic heterocycles. The monoisotopic (exact) mass is 372 g/mol. The number of benzene rings is 1. The second-order valence-electron chi connectivity index (χ2n) is 7.58. The lowest BCUT2D eigenvalue weighted by Gasteiger charge is -2.32. The Morgan fingerprint density at radius 1 is 1.35 bits per heavy atom. The highest BCUT2D eigenvalue weighted by Crippen LogP contribution is 2.48. The van der Waals surface area contributed by atoms with Crippen molar-refractivity contribution in [2.75, 3.05) is 19.6 Å².